The van der Waals surface area contributed by atoms with Gasteiger partial charge in [-0.15, -0.1) is 0 Å². The number of nitro benzene ring substituents is 1. The third-order valence-electron chi connectivity index (χ3n) is 3.77. The van der Waals surface area contributed by atoms with Crippen molar-refractivity contribution in [2.24, 2.45) is 0 Å². The van der Waals surface area contributed by atoms with Gasteiger partial charge in [0.15, 0.2) is 0 Å². The number of ether oxygens (including phenoxy) is 1. The maximum atomic E-state index is 12.1. The number of anilines is 1. The SMILES string of the molecule is CCOC(=O)C1CCCCN1c1cccc(C)c1[N+](=O)[O-]. The third kappa shape index (κ3) is 3.15. The molecule has 114 valence electrons. The first-order valence-corrected chi connectivity index (χ1v) is 7.23. The molecule has 0 saturated carbocycles. The molecule has 1 saturated heterocycles. The van der Waals surface area contributed by atoms with Crippen molar-refractivity contribution < 1.29 is 14.5 Å². The quantitative estimate of drug-likeness (QED) is 0.484. The molecule has 0 aliphatic carbocycles. The molecular weight excluding hydrogens is 272 g/mol. The summed E-state index contributed by atoms with van der Waals surface area (Å²) in [7, 11) is 0. The molecule has 21 heavy (non-hydrogen) atoms. The van der Waals surface area contributed by atoms with Crippen LogP contribution in [0, 0.1) is 17.0 Å². The monoisotopic (exact) mass is 292 g/mol. The van der Waals surface area contributed by atoms with Gasteiger partial charge in [0.2, 0.25) is 0 Å². The number of piperidine rings is 1. The first-order chi connectivity index (χ1) is 10.1. The van der Waals surface area contributed by atoms with E-state index in [0.717, 1.165) is 12.8 Å². The summed E-state index contributed by atoms with van der Waals surface area (Å²) in [6.45, 7) is 4.43. The maximum absolute atomic E-state index is 12.1. The molecule has 1 heterocycles. The Balaban J connectivity index is 2.40. The fraction of sp³-hybridized carbons (Fsp3) is 0.533. The number of carbonyl (C=O) groups is 1. The van der Waals surface area contributed by atoms with Crippen molar-refractivity contribution in [1.29, 1.82) is 0 Å². The molecule has 0 amide bonds. The van der Waals surface area contributed by atoms with Crippen molar-refractivity contribution in [3.8, 4) is 0 Å². The lowest BCUT2D eigenvalue weighted by atomic mass is 10.00. The van der Waals surface area contributed by atoms with Crippen LogP contribution in [-0.2, 0) is 9.53 Å². The largest absolute Gasteiger partial charge is 0.464 e. The minimum Gasteiger partial charge on any atom is -0.464 e. The van der Waals surface area contributed by atoms with Crippen molar-refractivity contribution in [1.82, 2.24) is 0 Å². The van der Waals surface area contributed by atoms with Crippen LogP contribution in [0.25, 0.3) is 0 Å². The Labute approximate surface area is 123 Å². The molecular formula is C15H20N2O4. The number of aryl methyl sites for hydroxylation is 1. The molecule has 6 heteroatoms. The van der Waals surface area contributed by atoms with Gasteiger partial charge in [-0.05, 0) is 39.2 Å². The highest BCUT2D eigenvalue weighted by molar-refractivity contribution is 5.82. The van der Waals surface area contributed by atoms with Gasteiger partial charge in [0.25, 0.3) is 5.69 Å². The van der Waals surface area contributed by atoms with Gasteiger partial charge in [-0.1, -0.05) is 12.1 Å². The van der Waals surface area contributed by atoms with E-state index in [1.807, 2.05) is 4.90 Å². The Bertz CT molecular complexity index is 544. The van der Waals surface area contributed by atoms with E-state index in [4.69, 9.17) is 4.74 Å². The predicted octanol–water partition coefficient (Wildman–Crippen LogP) is 2.83. The Morgan fingerprint density at radius 3 is 2.90 bits per heavy atom. The molecule has 0 spiro atoms. The summed E-state index contributed by atoms with van der Waals surface area (Å²) in [6.07, 6.45) is 2.52. The van der Waals surface area contributed by atoms with Crippen LogP contribution in [0.4, 0.5) is 11.4 Å². The average Bonchev–Trinajstić information content (AvgIpc) is 2.47. The number of esters is 1. The molecule has 0 aromatic heterocycles. The van der Waals surface area contributed by atoms with E-state index < -0.39 is 6.04 Å². The van der Waals surface area contributed by atoms with Crippen LogP contribution < -0.4 is 4.90 Å². The molecule has 2 rings (SSSR count). The second-order valence-electron chi connectivity index (χ2n) is 5.16. The van der Waals surface area contributed by atoms with Gasteiger partial charge < -0.3 is 9.64 Å². The molecule has 1 atom stereocenters. The molecule has 6 nitrogen and oxygen atoms in total. The number of nitro groups is 1. The Morgan fingerprint density at radius 1 is 1.48 bits per heavy atom. The van der Waals surface area contributed by atoms with Crippen molar-refractivity contribution in [3.05, 3.63) is 33.9 Å². The zero-order valence-corrected chi connectivity index (χ0v) is 12.4. The highest BCUT2D eigenvalue weighted by Gasteiger charge is 2.34. The zero-order chi connectivity index (χ0) is 15.4. The van der Waals surface area contributed by atoms with E-state index in [0.29, 0.717) is 30.8 Å². The lowest BCUT2D eigenvalue weighted by Crippen LogP contribution is -2.46. The lowest BCUT2D eigenvalue weighted by Gasteiger charge is -2.35. The van der Waals surface area contributed by atoms with Crippen LogP contribution in [0.5, 0.6) is 0 Å². The van der Waals surface area contributed by atoms with Gasteiger partial charge in [0.1, 0.15) is 11.7 Å². The summed E-state index contributed by atoms with van der Waals surface area (Å²) in [4.78, 5) is 24.9. The molecule has 1 aromatic carbocycles. The van der Waals surface area contributed by atoms with E-state index >= 15 is 0 Å². The van der Waals surface area contributed by atoms with E-state index in [1.54, 1.807) is 32.0 Å². The van der Waals surface area contributed by atoms with Crippen molar-refractivity contribution in [2.75, 3.05) is 18.1 Å². The number of para-hydroxylation sites is 1. The minimum absolute atomic E-state index is 0.0775. The summed E-state index contributed by atoms with van der Waals surface area (Å²) in [6, 6.07) is 4.78. The topological polar surface area (TPSA) is 72.7 Å². The van der Waals surface area contributed by atoms with Gasteiger partial charge in [0.05, 0.1) is 11.5 Å². The van der Waals surface area contributed by atoms with Crippen LogP contribution in [0.3, 0.4) is 0 Å². The van der Waals surface area contributed by atoms with Crippen molar-refractivity contribution in [3.63, 3.8) is 0 Å². The molecule has 1 aliphatic rings. The van der Waals surface area contributed by atoms with Gasteiger partial charge in [-0.3, -0.25) is 10.1 Å². The van der Waals surface area contributed by atoms with Crippen LogP contribution in [-0.4, -0.2) is 30.1 Å². The minimum atomic E-state index is -0.431. The maximum Gasteiger partial charge on any atom is 0.328 e. The van der Waals surface area contributed by atoms with Crippen LogP contribution in [0.1, 0.15) is 31.7 Å². The van der Waals surface area contributed by atoms with Gasteiger partial charge in [0, 0.05) is 12.1 Å². The Morgan fingerprint density at radius 2 is 2.24 bits per heavy atom. The number of benzene rings is 1. The molecule has 1 aliphatic heterocycles. The molecule has 0 bridgehead atoms. The highest BCUT2D eigenvalue weighted by Crippen LogP contribution is 2.35. The highest BCUT2D eigenvalue weighted by atomic mass is 16.6. The standard InChI is InChI=1S/C15H20N2O4/c1-3-21-15(18)13-8-4-5-10-16(13)12-9-6-7-11(2)14(12)17(19)20/h6-7,9,13H,3-5,8,10H2,1-2H3. The lowest BCUT2D eigenvalue weighted by molar-refractivity contribution is -0.384. The molecule has 0 radical (unpaired) electrons. The second-order valence-corrected chi connectivity index (χ2v) is 5.16. The second kappa shape index (κ2) is 6.56. The van der Waals surface area contributed by atoms with Gasteiger partial charge in [-0.25, -0.2) is 4.79 Å². The van der Waals surface area contributed by atoms with Crippen LogP contribution in [0.15, 0.2) is 18.2 Å². The fourth-order valence-corrected chi connectivity index (χ4v) is 2.82. The Kier molecular flexibility index (Phi) is 4.77. The van der Waals surface area contributed by atoms with Crippen LogP contribution >= 0.6 is 0 Å². The summed E-state index contributed by atoms with van der Waals surface area (Å²) in [5.74, 6) is -0.298. The number of rotatable bonds is 4. The third-order valence-corrected chi connectivity index (χ3v) is 3.77. The van der Waals surface area contributed by atoms with Crippen molar-refractivity contribution in [2.45, 2.75) is 39.2 Å². The molecule has 1 fully saturated rings. The number of hydrogen-bond acceptors (Lipinski definition) is 5. The summed E-state index contributed by atoms with van der Waals surface area (Å²) in [5.41, 5.74) is 1.19. The molecule has 1 aromatic rings. The molecule has 0 N–H and O–H groups in total. The van der Waals surface area contributed by atoms with E-state index in [2.05, 4.69) is 0 Å². The summed E-state index contributed by atoms with van der Waals surface area (Å²) in [5, 5.41) is 11.4. The molecule has 1 unspecified atom stereocenters. The van der Waals surface area contributed by atoms with Gasteiger partial charge >= 0.3 is 5.97 Å². The van der Waals surface area contributed by atoms with E-state index in [-0.39, 0.29) is 16.6 Å². The normalized spacial score (nSPS) is 18.4. The summed E-state index contributed by atoms with van der Waals surface area (Å²) >= 11 is 0. The zero-order valence-electron chi connectivity index (χ0n) is 12.4. The van der Waals surface area contributed by atoms with E-state index in [1.165, 1.54) is 0 Å². The van der Waals surface area contributed by atoms with Crippen LogP contribution in [0.2, 0.25) is 0 Å². The number of hydrogen-bond donors (Lipinski definition) is 0. The fourth-order valence-electron chi connectivity index (χ4n) is 2.82. The average molecular weight is 292 g/mol. The summed E-state index contributed by atoms with van der Waals surface area (Å²) < 4.78 is 5.11. The van der Waals surface area contributed by atoms with Crippen molar-refractivity contribution >= 4 is 17.3 Å². The first-order valence-electron chi connectivity index (χ1n) is 7.23. The first kappa shape index (κ1) is 15.3. The van der Waals surface area contributed by atoms with E-state index in [9.17, 15) is 14.9 Å². The van der Waals surface area contributed by atoms with Gasteiger partial charge in [-0.2, -0.15) is 0 Å². The number of nitrogens with zero attached hydrogens (tertiary/aromatic N) is 2. The smallest absolute Gasteiger partial charge is 0.328 e. The Hall–Kier alpha value is -2.11. The predicted molar refractivity (Wildman–Crippen MR) is 79.5 cm³/mol. The number of carbonyl (C=O) groups excluding carboxylic acids is 1.